The fourth-order valence-corrected chi connectivity index (χ4v) is 1.08. The fourth-order valence-electron chi connectivity index (χ4n) is 1.08. The van der Waals surface area contributed by atoms with Crippen molar-refractivity contribution in [3.05, 3.63) is 0 Å². The van der Waals surface area contributed by atoms with E-state index < -0.39 is 0 Å². The molecule has 13 heavy (non-hydrogen) atoms. The molecular formula is C9H20N2O2. The predicted molar refractivity (Wildman–Crippen MR) is 52.3 cm³/mol. The van der Waals surface area contributed by atoms with Gasteiger partial charge in [-0.1, -0.05) is 13.8 Å². The SMILES string of the molecule is COC(=O)[C@H](NCCCN)C(C)C. The minimum absolute atomic E-state index is 0.202. The number of ether oxygens (including phenoxy) is 1. The molecule has 0 aromatic rings. The number of esters is 1. The second-order valence-electron chi connectivity index (χ2n) is 3.34. The molecule has 4 nitrogen and oxygen atoms in total. The molecule has 0 spiro atoms. The molecule has 0 radical (unpaired) electrons. The Balaban J connectivity index is 3.88. The summed E-state index contributed by atoms with van der Waals surface area (Å²) in [6.07, 6.45) is 0.875. The number of nitrogens with one attached hydrogen (secondary N) is 1. The maximum absolute atomic E-state index is 11.2. The lowest BCUT2D eigenvalue weighted by Gasteiger charge is -2.19. The van der Waals surface area contributed by atoms with Gasteiger partial charge in [-0.05, 0) is 25.4 Å². The van der Waals surface area contributed by atoms with Gasteiger partial charge < -0.3 is 15.8 Å². The van der Waals surface area contributed by atoms with Gasteiger partial charge in [-0.2, -0.15) is 0 Å². The van der Waals surface area contributed by atoms with Gasteiger partial charge in [-0.15, -0.1) is 0 Å². The van der Waals surface area contributed by atoms with E-state index in [0.717, 1.165) is 13.0 Å². The average Bonchev–Trinajstić information content (AvgIpc) is 2.11. The molecule has 0 aliphatic heterocycles. The highest BCUT2D eigenvalue weighted by Crippen LogP contribution is 2.02. The van der Waals surface area contributed by atoms with Crippen LogP contribution in [0.5, 0.6) is 0 Å². The lowest BCUT2D eigenvalue weighted by atomic mass is 10.0. The Bertz CT molecular complexity index is 149. The zero-order valence-electron chi connectivity index (χ0n) is 8.67. The summed E-state index contributed by atoms with van der Waals surface area (Å²) in [5.41, 5.74) is 5.34. The van der Waals surface area contributed by atoms with Crippen molar-refractivity contribution in [2.45, 2.75) is 26.3 Å². The Labute approximate surface area is 79.8 Å². The number of nitrogens with two attached hydrogens (primary N) is 1. The van der Waals surface area contributed by atoms with Crippen LogP contribution >= 0.6 is 0 Å². The van der Waals surface area contributed by atoms with Gasteiger partial charge in [0.1, 0.15) is 6.04 Å². The van der Waals surface area contributed by atoms with Crippen LogP contribution in [0.4, 0.5) is 0 Å². The van der Waals surface area contributed by atoms with E-state index in [1.165, 1.54) is 7.11 Å². The van der Waals surface area contributed by atoms with Gasteiger partial charge >= 0.3 is 5.97 Å². The van der Waals surface area contributed by atoms with Gasteiger partial charge in [0.05, 0.1) is 7.11 Å². The summed E-state index contributed by atoms with van der Waals surface area (Å²) in [7, 11) is 1.41. The van der Waals surface area contributed by atoms with Crippen LogP contribution in [0.3, 0.4) is 0 Å². The summed E-state index contributed by atoms with van der Waals surface area (Å²) in [5, 5.41) is 3.12. The Morgan fingerprint density at radius 2 is 2.15 bits per heavy atom. The number of hydrogen-bond donors (Lipinski definition) is 2. The summed E-state index contributed by atoms with van der Waals surface area (Å²) in [4.78, 5) is 11.2. The van der Waals surface area contributed by atoms with Gasteiger partial charge in [0, 0.05) is 0 Å². The van der Waals surface area contributed by atoms with E-state index in [0.29, 0.717) is 6.54 Å². The number of carbonyl (C=O) groups is 1. The first-order valence-corrected chi connectivity index (χ1v) is 4.64. The lowest BCUT2D eigenvalue weighted by Crippen LogP contribution is -2.42. The number of carbonyl (C=O) groups excluding carboxylic acids is 1. The molecule has 0 aromatic heterocycles. The van der Waals surface area contributed by atoms with E-state index >= 15 is 0 Å². The molecule has 3 N–H and O–H groups in total. The highest BCUT2D eigenvalue weighted by atomic mass is 16.5. The Morgan fingerprint density at radius 3 is 2.54 bits per heavy atom. The maximum atomic E-state index is 11.2. The topological polar surface area (TPSA) is 64.3 Å². The van der Waals surface area contributed by atoms with Crippen molar-refractivity contribution in [2.75, 3.05) is 20.2 Å². The number of methoxy groups -OCH3 is 1. The normalized spacial score (nSPS) is 13.0. The van der Waals surface area contributed by atoms with Crippen LogP contribution in [0, 0.1) is 5.92 Å². The van der Waals surface area contributed by atoms with E-state index in [9.17, 15) is 4.79 Å². The van der Waals surface area contributed by atoms with Crippen molar-refractivity contribution in [3.8, 4) is 0 Å². The molecule has 0 fully saturated rings. The third kappa shape index (κ3) is 4.85. The van der Waals surface area contributed by atoms with Crippen LogP contribution in [-0.4, -0.2) is 32.2 Å². The molecule has 0 saturated heterocycles. The van der Waals surface area contributed by atoms with E-state index in [2.05, 4.69) is 10.1 Å². The highest BCUT2D eigenvalue weighted by molar-refractivity contribution is 5.75. The summed E-state index contributed by atoms with van der Waals surface area (Å²) in [5.74, 6) is 0.0391. The maximum Gasteiger partial charge on any atom is 0.323 e. The molecule has 0 heterocycles. The summed E-state index contributed by atoms with van der Waals surface area (Å²) in [6.45, 7) is 5.36. The number of rotatable bonds is 6. The van der Waals surface area contributed by atoms with E-state index in [1.807, 2.05) is 13.8 Å². The Morgan fingerprint density at radius 1 is 1.54 bits per heavy atom. The van der Waals surface area contributed by atoms with Crippen molar-refractivity contribution in [2.24, 2.45) is 11.7 Å². The minimum Gasteiger partial charge on any atom is -0.468 e. The van der Waals surface area contributed by atoms with Crippen LogP contribution in [0.2, 0.25) is 0 Å². The van der Waals surface area contributed by atoms with Gasteiger partial charge in [0.2, 0.25) is 0 Å². The zero-order chi connectivity index (χ0) is 10.3. The molecule has 0 aromatic carbocycles. The molecule has 0 rings (SSSR count). The first kappa shape index (κ1) is 12.4. The van der Waals surface area contributed by atoms with E-state index in [1.54, 1.807) is 0 Å². The van der Waals surface area contributed by atoms with Crippen molar-refractivity contribution in [1.82, 2.24) is 5.32 Å². The van der Waals surface area contributed by atoms with Gasteiger partial charge in [-0.25, -0.2) is 0 Å². The quantitative estimate of drug-likeness (QED) is 0.459. The monoisotopic (exact) mass is 188 g/mol. The van der Waals surface area contributed by atoms with Crippen molar-refractivity contribution < 1.29 is 9.53 Å². The van der Waals surface area contributed by atoms with Crippen LogP contribution in [0.1, 0.15) is 20.3 Å². The average molecular weight is 188 g/mol. The molecule has 0 unspecified atom stereocenters. The number of hydrogen-bond acceptors (Lipinski definition) is 4. The fraction of sp³-hybridized carbons (Fsp3) is 0.889. The van der Waals surface area contributed by atoms with E-state index in [4.69, 9.17) is 5.73 Å². The van der Waals surface area contributed by atoms with Crippen LogP contribution in [-0.2, 0) is 9.53 Å². The summed E-state index contributed by atoms with van der Waals surface area (Å²) < 4.78 is 4.67. The first-order chi connectivity index (χ1) is 6.13. The molecule has 0 aliphatic carbocycles. The third-order valence-electron chi connectivity index (χ3n) is 1.87. The molecule has 0 aliphatic rings. The standard InChI is InChI=1S/C9H20N2O2/c1-7(2)8(9(12)13-3)11-6-4-5-10/h7-8,11H,4-6,10H2,1-3H3/t8-/m1/s1. The molecule has 78 valence electrons. The van der Waals surface area contributed by atoms with Crippen LogP contribution in [0.15, 0.2) is 0 Å². The Hall–Kier alpha value is -0.610. The van der Waals surface area contributed by atoms with Crippen molar-refractivity contribution >= 4 is 5.97 Å². The minimum atomic E-state index is -0.212. The van der Waals surface area contributed by atoms with Crippen molar-refractivity contribution in [3.63, 3.8) is 0 Å². The molecule has 0 bridgehead atoms. The van der Waals surface area contributed by atoms with Crippen LogP contribution in [0.25, 0.3) is 0 Å². The molecule has 1 atom stereocenters. The first-order valence-electron chi connectivity index (χ1n) is 4.64. The third-order valence-corrected chi connectivity index (χ3v) is 1.87. The zero-order valence-corrected chi connectivity index (χ0v) is 8.67. The highest BCUT2D eigenvalue weighted by Gasteiger charge is 2.21. The smallest absolute Gasteiger partial charge is 0.323 e. The van der Waals surface area contributed by atoms with Gasteiger partial charge in [0.15, 0.2) is 0 Å². The molecule has 0 saturated carbocycles. The van der Waals surface area contributed by atoms with Crippen molar-refractivity contribution in [1.29, 1.82) is 0 Å². The lowest BCUT2D eigenvalue weighted by molar-refractivity contribution is -0.144. The van der Waals surface area contributed by atoms with E-state index in [-0.39, 0.29) is 17.9 Å². The van der Waals surface area contributed by atoms with Crippen LogP contribution < -0.4 is 11.1 Å². The van der Waals surface area contributed by atoms with Gasteiger partial charge in [0.25, 0.3) is 0 Å². The molecule has 4 heteroatoms. The predicted octanol–water partition coefficient (Wildman–Crippen LogP) is 0.122. The second-order valence-corrected chi connectivity index (χ2v) is 3.34. The largest absolute Gasteiger partial charge is 0.468 e. The molecular weight excluding hydrogens is 168 g/mol. The summed E-state index contributed by atoms with van der Waals surface area (Å²) in [6, 6.07) is -0.212. The molecule has 0 amide bonds. The summed E-state index contributed by atoms with van der Waals surface area (Å²) >= 11 is 0. The Kier molecular flexibility index (Phi) is 6.54. The van der Waals surface area contributed by atoms with Gasteiger partial charge in [-0.3, -0.25) is 4.79 Å². The second kappa shape index (κ2) is 6.86.